The molecule has 1 fully saturated rings. The third kappa shape index (κ3) is 4.80. The van der Waals surface area contributed by atoms with Gasteiger partial charge in [-0.05, 0) is 49.4 Å². The van der Waals surface area contributed by atoms with Gasteiger partial charge in [-0.25, -0.2) is 8.42 Å². The van der Waals surface area contributed by atoms with Crippen LogP contribution in [0, 0.1) is 0 Å². The Morgan fingerprint density at radius 2 is 1.90 bits per heavy atom. The van der Waals surface area contributed by atoms with Gasteiger partial charge in [-0.3, -0.25) is 14.7 Å². The van der Waals surface area contributed by atoms with Crippen molar-refractivity contribution < 1.29 is 17.9 Å². The first-order valence-corrected chi connectivity index (χ1v) is 12.7. The Bertz CT molecular complexity index is 1100. The minimum atomic E-state index is -3.71. The van der Waals surface area contributed by atoms with E-state index in [1.165, 1.54) is 33.1 Å². The summed E-state index contributed by atoms with van der Waals surface area (Å²) in [6, 6.07) is 13.2. The van der Waals surface area contributed by atoms with Crippen molar-refractivity contribution in [2.45, 2.75) is 17.9 Å². The summed E-state index contributed by atoms with van der Waals surface area (Å²) < 4.78 is 32.7. The zero-order valence-corrected chi connectivity index (χ0v) is 19.3. The highest BCUT2D eigenvalue weighted by Gasteiger charge is 2.30. The number of aliphatic imine (C=N–C) groups is 1. The van der Waals surface area contributed by atoms with Gasteiger partial charge in [0.25, 0.3) is 5.91 Å². The van der Waals surface area contributed by atoms with Crippen LogP contribution in [0.2, 0.25) is 5.02 Å². The quantitative estimate of drug-likeness (QED) is 0.670. The molecule has 2 aromatic carbocycles. The maximum Gasteiger partial charge on any atom is 0.264 e. The van der Waals surface area contributed by atoms with Crippen LogP contribution in [0.15, 0.2) is 58.4 Å². The van der Waals surface area contributed by atoms with Crippen LogP contribution in [-0.2, 0) is 14.8 Å². The van der Waals surface area contributed by atoms with E-state index in [9.17, 15) is 13.2 Å². The lowest BCUT2D eigenvalue weighted by atomic mass is 10.2. The summed E-state index contributed by atoms with van der Waals surface area (Å²) >= 11 is 7.52. The number of amides is 1. The molecule has 10 heteroatoms. The Morgan fingerprint density at radius 1 is 1.19 bits per heavy atom. The van der Waals surface area contributed by atoms with Gasteiger partial charge in [0, 0.05) is 29.4 Å². The number of halogens is 1. The second-order valence-corrected chi connectivity index (χ2v) is 10.6. The van der Waals surface area contributed by atoms with Gasteiger partial charge in [-0.1, -0.05) is 29.4 Å². The molecule has 164 valence electrons. The average molecular weight is 480 g/mol. The molecular formula is C21H22ClN3O4S2. The van der Waals surface area contributed by atoms with E-state index in [2.05, 4.69) is 4.99 Å². The van der Waals surface area contributed by atoms with Crippen molar-refractivity contribution in [2.75, 3.05) is 37.0 Å². The SMILES string of the molecule is C[C@H]1CSC(N(C(=O)c2cccc(S(=O)(=O)N3CCOCC3)c2)c2ccc(Cl)cc2)=N1. The van der Waals surface area contributed by atoms with Crippen LogP contribution in [0.5, 0.6) is 0 Å². The summed E-state index contributed by atoms with van der Waals surface area (Å²) in [6.45, 7) is 3.29. The molecule has 2 heterocycles. The van der Waals surface area contributed by atoms with Crippen LogP contribution in [-0.4, -0.2) is 61.9 Å². The molecule has 0 spiro atoms. The molecule has 0 aromatic heterocycles. The minimum Gasteiger partial charge on any atom is -0.379 e. The maximum absolute atomic E-state index is 13.5. The van der Waals surface area contributed by atoms with Gasteiger partial charge >= 0.3 is 0 Å². The predicted octanol–water partition coefficient (Wildman–Crippen LogP) is 3.50. The number of nitrogens with zero attached hydrogens (tertiary/aromatic N) is 3. The van der Waals surface area contributed by atoms with Crippen LogP contribution in [0.1, 0.15) is 17.3 Å². The molecule has 0 bridgehead atoms. The van der Waals surface area contributed by atoms with Crippen LogP contribution in [0.3, 0.4) is 0 Å². The van der Waals surface area contributed by atoms with E-state index in [-0.39, 0.29) is 22.4 Å². The third-order valence-corrected chi connectivity index (χ3v) is 8.29. The second kappa shape index (κ2) is 9.30. The minimum absolute atomic E-state index is 0.0886. The number of amidine groups is 1. The molecule has 0 N–H and O–H groups in total. The number of hydrogen-bond donors (Lipinski definition) is 0. The Balaban J connectivity index is 1.70. The molecule has 1 saturated heterocycles. The molecule has 31 heavy (non-hydrogen) atoms. The van der Waals surface area contributed by atoms with E-state index in [4.69, 9.17) is 16.3 Å². The first-order chi connectivity index (χ1) is 14.9. The molecule has 1 amide bonds. The van der Waals surface area contributed by atoms with Gasteiger partial charge in [0.2, 0.25) is 10.0 Å². The van der Waals surface area contributed by atoms with Crippen molar-refractivity contribution in [3.8, 4) is 0 Å². The maximum atomic E-state index is 13.5. The van der Waals surface area contributed by atoms with Crippen molar-refractivity contribution in [1.82, 2.24) is 4.31 Å². The number of hydrogen-bond acceptors (Lipinski definition) is 6. The van der Waals surface area contributed by atoms with Crippen molar-refractivity contribution in [3.05, 3.63) is 59.1 Å². The van der Waals surface area contributed by atoms with Gasteiger partial charge in [0.15, 0.2) is 5.17 Å². The Kier molecular flexibility index (Phi) is 6.68. The monoisotopic (exact) mass is 479 g/mol. The van der Waals surface area contributed by atoms with Gasteiger partial charge in [-0.2, -0.15) is 4.31 Å². The number of benzene rings is 2. The van der Waals surface area contributed by atoms with Gasteiger partial charge < -0.3 is 4.74 Å². The van der Waals surface area contributed by atoms with Gasteiger partial charge in [0.05, 0.1) is 29.8 Å². The molecule has 2 aromatic rings. The highest BCUT2D eigenvalue weighted by atomic mass is 35.5. The molecule has 4 rings (SSSR count). The van der Waals surface area contributed by atoms with E-state index in [1.54, 1.807) is 36.4 Å². The Hall–Kier alpha value is -1.91. The molecule has 0 radical (unpaired) electrons. The fraction of sp³-hybridized carbons (Fsp3) is 0.333. The van der Waals surface area contributed by atoms with Gasteiger partial charge in [0.1, 0.15) is 0 Å². The summed E-state index contributed by atoms with van der Waals surface area (Å²) in [5.74, 6) is 0.430. The fourth-order valence-electron chi connectivity index (χ4n) is 3.34. The summed E-state index contributed by atoms with van der Waals surface area (Å²) in [7, 11) is -3.71. The molecular weight excluding hydrogens is 458 g/mol. The number of thioether (sulfide) groups is 1. The summed E-state index contributed by atoms with van der Waals surface area (Å²) in [4.78, 5) is 19.7. The second-order valence-electron chi connectivity index (χ2n) is 7.23. The van der Waals surface area contributed by atoms with Crippen LogP contribution >= 0.6 is 23.4 Å². The van der Waals surface area contributed by atoms with Crippen LogP contribution in [0.25, 0.3) is 0 Å². The van der Waals surface area contributed by atoms with Crippen molar-refractivity contribution in [1.29, 1.82) is 0 Å². The predicted molar refractivity (Wildman–Crippen MR) is 124 cm³/mol. The van der Waals surface area contributed by atoms with Gasteiger partial charge in [-0.15, -0.1) is 0 Å². The fourth-order valence-corrected chi connectivity index (χ4v) is 5.96. The number of morpholine rings is 1. The summed E-state index contributed by atoms with van der Waals surface area (Å²) in [5.41, 5.74) is 0.892. The zero-order valence-electron chi connectivity index (χ0n) is 16.9. The molecule has 2 aliphatic rings. The van der Waals surface area contributed by atoms with E-state index < -0.39 is 10.0 Å². The molecule has 0 saturated carbocycles. The van der Waals surface area contributed by atoms with E-state index in [1.807, 2.05) is 6.92 Å². The van der Waals surface area contributed by atoms with Crippen molar-refractivity contribution in [3.63, 3.8) is 0 Å². The number of sulfonamides is 1. The third-order valence-electron chi connectivity index (χ3n) is 4.95. The van der Waals surface area contributed by atoms with Crippen LogP contribution < -0.4 is 4.90 Å². The number of ether oxygens (including phenoxy) is 1. The molecule has 7 nitrogen and oxygen atoms in total. The lowest BCUT2D eigenvalue weighted by Gasteiger charge is -2.26. The first-order valence-electron chi connectivity index (χ1n) is 9.85. The number of carbonyl (C=O) groups excluding carboxylic acids is 1. The zero-order chi connectivity index (χ0) is 22.0. The highest BCUT2D eigenvalue weighted by Crippen LogP contribution is 2.29. The average Bonchev–Trinajstić information content (AvgIpc) is 3.21. The van der Waals surface area contributed by atoms with E-state index >= 15 is 0 Å². The smallest absolute Gasteiger partial charge is 0.264 e. The summed E-state index contributed by atoms with van der Waals surface area (Å²) in [6.07, 6.45) is 0. The molecule has 0 aliphatic carbocycles. The summed E-state index contributed by atoms with van der Waals surface area (Å²) in [5, 5.41) is 1.14. The first kappa shape index (κ1) is 22.3. The largest absolute Gasteiger partial charge is 0.379 e. The molecule has 0 unspecified atom stereocenters. The number of carbonyl (C=O) groups is 1. The topological polar surface area (TPSA) is 79.3 Å². The van der Waals surface area contributed by atoms with Crippen molar-refractivity contribution in [2.24, 2.45) is 4.99 Å². The lowest BCUT2D eigenvalue weighted by Crippen LogP contribution is -2.40. The number of rotatable bonds is 4. The Morgan fingerprint density at radius 3 is 2.55 bits per heavy atom. The Labute approximate surface area is 191 Å². The normalized spacial score (nSPS) is 19.8. The molecule has 1 atom stereocenters. The van der Waals surface area contributed by atoms with E-state index in [0.717, 1.165) is 5.75 Å². The van der Waals surface area contributed by atoms with Crippen LogP contribution in [0.4, 0.5) is 5.69 Å². The van der Waals surface area contributed by atoms with E-state index in [0.29, 0.717) is 42.2 Å². The molecule has 2 aliphatic heterocycles. The standard InChI is InChI=1S/C21H22ClN3O4S2/c1-15-14-30-21(23-15)25(18-7-5-17(22)6-8-18)20(26)16-3-2-4-19(13-16)31(27,28)24-9-11-29-12-10-24/h2-8,13,15H,9-12,14H2,1H3/t15-/m0/s1. The number of anilines is 1. The lowest BCUT2D eigenvalue weighted by molar-refractivity contribution is 0.0730. The highest BCUT2D eigenvalue weighted by molar-refractivity contribution is 8.14. The van der Waals surface area contributed by atoms with Crippen molar-refractivity contribution >= 4 is 50.1 Å².